The van der Waals surface area contributed by atoms with Gasteiger partial charge in [-0.05, 0) is 64.5 Å². The molecule has 1 atom stereocenters. The second-order valence-electron chi connectivity index (χ2n) is 8.90. The molecule has 0 aliphatic carbocycles. The lowest BCUT2D eigenvalue weighted by atomic mass is 9.98. The van der Waals surface area contributed by atoms with Crippen LogP contribution in [0.25, 0.3) is 16.9 Å². The zero-order valence-corrected chi connectivity index (χ0v) is 21.1. The molecule has 0 saturated carbocycles. The number of hydrogen-bond donors (Lipinski definition) is 3. The number of fused-ring (bicyclic) bond motifs is 1. The highest BCUT2D eigenvalue weighted by Gasteiger charge is 2.24. The van der Waals surface area contributed by atoms with Gasteiger partial charge in [0.05, 0.1) is 16.4 Å². The summed E-state index contributed by atoms with van der Waals surface area (Å²) in [7, 11) is 0. The molecule has 2 amide bonds. The lowest BCUT2D eigenvalue weighted by molar-refractivity contribution is 0.168. The molecule has 5 rings (SSSR count). The number of halogens is 2. The first-order valence-electron chi connectivity index (χ1n) is 11.8. The Hall–Kier alpha value is -3.66. The van der Waals surface area contributed by atoms with Crippen molar-refractivity contribution in [1.29, 1.82) is 0 Å². The highest BCUT2D eigenvalue weighted by molar-refractivity contribution is 9.10. The van der Waals surface area contributed by atoms with Crippen LogP contribution in [0.2, 0.25) is 0 Å². The number of carbonyl (C=O) groups excluding carboxylic acids is 1. The van der Waals surface area contributed by atoms with Crippen LogP contribution < -0.4 is 10.6 Å². The Balaban J connectivity index is 1.26. The van der Waals surface area contributed by atoms with Crippen LogP contribution in [0, 0.1) is 11.7 Å². The third-order valence-corrected chi connectivity index (χ3v) is 6.88. The van der Waals surface area contributed by atoms with Crippen molar-refractivity contribution in [2.24, 2.45) is 5.92 Å². The smallest absolute Gasteiger partial charge is 0.317 e. The van der Waals surface area contributed by atoms with Gasteiger partial charge in [0.2, 0.25) is 0 Å². The molecule has 1 aliphatic heterocycles. The SMILES string of the molecule is O=C(NCc1cccc(F)c1)N1CCCC(CNc2cc(-c3ccccc3O)nc3c(Br)cnn23)C1. The number of phenols is 1. The number of carbonyl (C=O) groups is 1. The Bertz CT molecular complexity index is 1390. The second kappa shape index (κ2) is 10.5. The molecule has 0 bridgehead atoms. The summed E-state index contributed by atoms with van der Waals surface area (Å²) in [5, 5.41) is 21.1. The summed E-state index contributed by atoms with van der Waals surface area (Å²) in [5.74, 6) is 0.833. The summed E-state index contributed by atoms with van der Waals surface area (Å²) < 4.78 is 15.9. The normalized spacial score (nSPS) is 15.7. The van der Waals surface area contributed by atoms with Gasteiger partial charge >= 0.3 is 6.03 Å². The Labute approximate surface area is 216 Å². The minimum atomic E-state index is -0.314. The monoisotopic (exact) mass is 552 g/mol. The van der Waals surface area contributed by atoms with Gasteiger partial charge in [0.15, 0.2) is 5.65 Å². The van der Waals surface area contributed by atoms with E-state index >= 15 is 0 Å². The number of phenolic OH excluding ortho intramolecular Hbond substituents is 1. The van der Waals surface area contributed by atoms with Crippen molar-refractivity contribution < 1.29 is 14.3 Å². The first kappa shape index (κ1) is 24.1. The van der Waals surface area contributed by atoms with Crippen molar-refractivity contribution >= 4 is 33.4 Å². The van der Waals surface area contributed by atoms with E-state index in [1.807, 2.05) is 23.1 Å². The fourth-order valence-corrected chi connectivity index (χ4v) is 4.84. The number of rotatable bonds is 6. The fraction of sp³-hybridized carbons (Fsp3) is 0.269. The van der Waals surface area contributed by atoms with E-state index in [0.29, 0.717) is 36.5 Å². The number of piperidine rings is 1. The van der Waals surface area contributed by atoms with Crippen molar-refractivity contribution in [3.8, 4) is 17.0 Å². The van der Waals surface area contributed by atoms with Gasteiger partial charge < -0.3 is 20.6 Å². The maximum atomic E-state index is 13.4. The number of para-hydroxylation sites is 1. The molecule has 3 heterocycles. The number of likely N-dealkylation sites (tertiary alicyclic amines) is 1. The number of anilines is 1. The van der Waals surface area contributed by atoms with Gasteiger partial charge in [-0.2, -0.15) is 9.61 Å². The molecule has 8 nitrogen and oxygen atoms in total. The van der Waals surface area contributed by atoms with Crippen LogP contribution in [0.1, 0.15) is 18.4 Å². The van der Waals surface area contributed by atoms with Gasteiger partial charge in [-0.3, -0.25) is 0 Å². The average Bonchev–Trinajstić information content (AvgIpc) is 3.27. The third-order valence-electron chi connectivity index (χ3n) is 6.32. The van der Waals surface area contributed by atoms with Crippen LogP contribution in [-0.2, 0) is 6.54 Å². The van der Waals surface area contributed by atoms with E-state index in [0.717, 1.165) is 28.7 Å². The van der Waals surface area contributed by atoms with Gasteiger partial charge in [0.1, 0.15) is 17.4 Å². The van der Waals surface area contributed by atoms with E-state index in [9.17, 15) is 14.3 Å². The van der Waals surface area contributed by atoms with Crippen molar-refractivity contribution in [2.75, 3.05) is 25.0 Å². The molecule has 0 spiro atoms. The largest absolute Gasteiger partial charge is 0.507 e. The zero-order valence-electron chi connectivity index (χ0n) is 19.5. The molecule has 1 aliphatic rings. The Morgan fingerprint density at radius 2 is 2.06 bits per heavy atom. The molecule has 4 aromatic rings. The highest BCUT2D eigenvalue weighted by atomic mass is 79.9. The van der Waals surface area contributed by atoms with Gasteiger partial charge in [-0.15, -0.1) is 0 Å². The number of hydrogen-bond acceptors (Lipinski definition) is 5. The topological polar surface area (TPSA) is 94.8 Å². The molecule has 2 aromatic heterocycles. The van der Waals surface area contributed by atoms with Crippen LogP contribution in [0.5, 0.6) is 5.75 Å². The maximum absolute atomic E-state index is 13.4. The number of urea groups is 1. The molecule has 1 unspecified atom stereocenters. The van der Waals surface area contributed by atoms with Crippen LogP contribution in [0.15, 0.2) is 65.3 Å². The average molecular weight is 553 g/mol. The van der Waals surface area contributed by atoms with E-state index < -0.39 is 0 Å². The van der Waals surface area contributed by atoms with Crippen LogP contribution in [0.3, 0.4) is 0 Å². The predicted molar refractivity (Wildman–Crippen MR) is 139 cm³/mol. The van der Waals surface area contributed by atoms with Crippen LogP contribution >= 0.6 is 15.9 Å². The van der Waals surface area contributed by atoms with E-state index in [-0.39, 0.29) is 30.1 Å². The van der Waals surface area contributed by atoms with Crippen LogP contribution in [-0.4, -0.2) is 50.3 Å². The summed E-state index contributed by atoms with van der Waals surface area (Å²) in [4.78, 5) is 19.2. The molecular weight excluding hydrogens is 527 g/mol. The van der Waals surface area contributed by atoms with Crippen LogP contribution in [0.4, 0.5) is 15.0 Å². The van der Waals surface area contributed by atoms with Crippen molar-refractivity contribution in [2.45, 2.75) is 19.4 Å². The Kier molecular flexibility index (Phi) is 7.04. The quantitative estimate of drug-likeness (QED) is 0.311. The fourth-order valence-electron chi connectivity index (χ4n) is 4.49. The maximum Gasteiger partial charge on any atom is 0.317 e. The van der Waals surface area contributed by atoms with Gasteiger partial charge in [-0.25, -0.2) is 14.2 Å². The number of nitrogens with one attached hydrogen (secondary N) is 2. The first-order chi connectivity index (χ1) is 17.5. The van der Waals surface area contributed by atoms with E-state index in [1.54, 1.807) is 35.0 Å². The van der Waals surface area contributed by atoms with Crippen molar-refractivity contribution in [3.63, 3.8) is 0 Å². The molecule has 36 heavy (non-hydrogen) atoms. The molecule has 1 fully saturated rings. The minimum absolute atomic E-state index is 0.145. The summed E-state index contributed by atoms with van der Waals surface area (Å²) in [6.45, 7) is 2.23. The zero-order chi connectivity index (χ0) is 25.1. The minimum Gasteiger partial charge on any atom is -0.507 e. The molecular formula is C26H26BrFN6O2. The van der Waals surface area contributed by atoms with E-state index in [4.69, 9.17) is 0 Å². The molecule has 2 aromatic carbocycles. The van der Waals surface area contributed by atoms with Gasteiger partial charge in [0, 0.05) is 37.8 Å². The summed E-state index contributed by atoms with van der Waals surface area (Å²) in [6.07, 6.45) is 3.58. The number of aromatic hydroxyl groups is 1. The lowest BCUT2D eigenvalue weighted by Crippen LogP contribution is -2.46. The third kappa shape index (κ3) is 5.28. The van der Waals surface area contributed by atoms with Crippen molar-refractivity contribution in [3.05, 3.63) is 76.6 Å². The standard InChI is InChI=1S/C26H26BrFN6O2/c27-21-15-31-34-24(12-22(32-25(21)34)20-8-1-2-9-23(20)35)29-14-18-6-4-10-33(16-18)26(36)30-13-17-5-3-7-19(28)11-17/h1-3,5,7-9,11-12,15,18,29,35H,4,6,10,13-14,16H2,(H,30,36). The summed E-state index contributed by atoms with van der Waals surface area (Å²) in [6, 6.07) is 15.1. The molecule has 3 N–H and O–H groups in total. The summed E-state index contributed by atoms with van der Waals surface area (Å²) >= 11 is 3.51. The van der Waals surface area contributed by atoms with E-state index in [1.165, 1.54) is 12.1 Å². The number of amides is 2. The molecule has 10 heteroatoms. The Morgan fingerprint density at radius 3 is 2.89 bits per heavy atom. The predicted octanol–water partition coefficient (Wildman–Crippen LogP) is 5.04. The molecule has 0 radical (unpaired) electrons. The number of nitrogens with zero attached hydrogens (tertiary/aromatic N) is 4. The highest BCUT2D eigenvalue weighted by Crippen LogP contribution is 2.31. The number of aromatic nitrogens is 3. The van der Waals surface area contributed by atoms with Gasteiger partial charge in [0.25, 0.3) is 0 Å². The molecule has 1 saturated heterocycles. The molecule has 186 valence electrons. The lowest BCUT2D eigenvalue weighted by Gasteiger charge is -2.33. The summed E-state index contributed by atoms with van der Waals surface area (Å²) in [5.41, 5.74) is 2.63. The second-order valence-corrected chi connectivity index (χ2v) is 9.75. The first-order valence-corrected chi connectivity index (χ1v) is 12.6. The van der Waals surface area contributed by atoms with E-state index in [2.05, 4.69) is 36.6 Å². The van der Waals surface area contributed by atoms with Gasteiger partial charge in [-0.1, -0.05) is 24.3 Å². The Morgan fingerprint density at radius 1 is 1.19 bits per heavy atom. The number of benzene rings is 2. The van der Waals surface area contributed by atoms with Crippen molar-refractivity contribution in [1.82, 2.24) is 24.8 Å².